The molecule has 1 aliphatic rings. The van der Waals surface area contributed by atoms with E-state index in [0.29, 0.717) is 0 Å². The van der Waals surface area contributed by atoms with Crippen LogP contribution in [0.3, 0.4) is 0 Å². The van der Waals surface area contributed by atoms with Crippen molar-refractivity contribution in [1.82, 2.24) is 0 Å². The van der Waals surface area contributed by atoms with Crippen LogP contribution in [-0.4, -0.2) is 19.1 Å². The number of hydrogen-bond acceptors (Lipinski definition) is 2. The predicted molar refractivity (Wildman–Crippen MR) is 65.3 cm³/mol. The summed E-state index contributed by atoms with van der Waals surface area (Å²) in [7, 11) is 1.69. The van der Waals surface area contributed by atoms with Gasteiger partial charge in [-0.05, 0) is 43.0 Å². The zero-order valence-electron chi connectivity index (χ0n) is 9.70. The molecule has 1 heterocycles. The van der Waals surface area contributed by atoms with Crippen molar-refractivity contribution in [1.29, 1.82) is 0 Å². The van der Waals surface area contributed by atoms with Gasteiger partial charge in [-0.25, -0.2) is 0 Å². The zero-order chi connectivity index (χ0) is 11.5. The monoisotopic (exact) mass is 240 g/mol. The molecule has 2 unspecified atom stereocenters. The Morgan fingerprint density at radius 1 is 1.44 bits per heavy atom. The molecule has 1 aromatic carbocycles. The topological polar surface area (TPSA) is 18.5 Å². The van der Waals surface area contributed by atoms with Crippen LogP contribution in [0.2, 0.25) is 0 Å². The summed E-state index contributed by atoms with van der Waals surface area (Å²) < 4.78 is 11.0. The largest absolute Gasteiger partial charge is 0.496 e. The molecule has 0 amide bonds. The molecule has 2 atom stereocenters. The van der Waals surface area contributed by atoms with Crippen LogP contribution in [0.4, 0.5) is 0 Å². The summed E-state index contributed by atoms with van der Waals surface area (Å²) in [5.74, 6) is 0.919. The number of hydrogen-bond donors (Lipinski definition) is 0. The minimum atomic E-state index is 0.140. The average molecular weight is 241 g/mol. The molecular weight excluding hydrogens is 224 g/mol. The Hall–Kier alpha value is -0.730. The van der Waals surface area contributed by atoms with E-state index in [2.05, 4.69) is 12.1 Å². The molecule has 1 fully saturated rings. The summed E-state index contributed by atoms with van der Waals surface area (Å²) >= 11 is 6.15. The van der Waals surface area contributed by atoms with E-state index in [1.54, 1.807) is 7.11 Å². The van der Waals surface area contributed by atoms with Crippen molar-refractivity contribution in [3.05, 3.63) is 29.3 Å². The number of alkyl halides is 1. The van der Waals surface area contributed by atoms with Crippen molar-refractivity contribution in [2.75, 3.05) is 13.7 Å². The van der Waals surface area contributed by atoms with E-state index < -0.39 is 0 Å². The summed E-state index contributed by atoms with van der Waals surface area (Å²) in [4.78, 5) is 0. The van der Waals surface area contributed by atoms with E-state index in [1.165, 1.54) is 5.56 Å². The van der Waals surface area contributed by atoms with Crippen molar-refractivity contribution in [2.45, 2.75) is 31.2 Å². The summed E-state index contributed by atoms with van der Waals surface area (Å²) in [5.41, 5.74) is 2.34. The summed E-state index contributed by atoms with van der Waals surface area (Å²) in [6, 6.07) is 6.18. The third-order valence-corrected chi connectivity index (χ3v) is 3.41. The van der Waals surface area contributed by atoms with Gasteiger partial charge in [0.15, 0.2) is 0 Å². The number of methoxy groups -OCH3 is 1. The molecule has 1 aliphatic heterocycles. The Labute approximate surface area is 102 Å². The molecule has 3 heteroatoms. The second kappa shape index (κ2) is 5.07. The van der Waals surface area contributed by atoms with Gasteiger partial charge in [-0.15, -0.1) is 11.6 Å². The minimum Gasteiger partial charge on any atom is -0.496 e. The van der Waals surface area contributed by atoms with Crippen molar-refractivity contribution in [2.24, 2.45) is 0 Å². The number of benzene rings is 1. The molecule has 0 saturated carbocycles. The van der Waals surface area contributed by atoms with E-state index in [-0.39, 0.29) is 11.5 Å². The highest BCUT2D eigenvalue weighted by Crippen LogP contribution is 2.32. The number of ether oxygens (including phenoxy) is 2. The lowest BCUT2D eigenvalue weighted by Crippen LogP contribution is -2.19. The van der Waals surface area contributed by atoms with Crippen LogP contribution in [0.15, 0.2) is 18.2 Å². The number of rotatable bonds is 2. The lowest BCUT2D eigenvalue weighted by atomic mass is 9.99. The quantitative estimate of drug-likeness (QED) is 0.737. The second-order valence-corrected chi connectivity index (χ2v) is 4.83. The molecular formula is C13H17ClO2. The maximum Gasteiger partial charge on any atom is 0.121 e. The number of aryl methyl sites for hydroxylation is 1. The third-order valence-electron chi connectivity index (χ3n) is 3.01. The van der Waals surface area contributed by atoms with Gasteiger partial charge in [0.05, 0.1) is 13.2 Å². The van der Waals surface area contributed by atoms with E-state index >= 15 is 0 Å². The molecule has 0 bridgehead atoms. The van der Waals surface area contributed by atoms with Gasteiger partial charge < -0.3 is 9.47 Å². The lowest BCUT2D eigenvalue weighted by molar-refractivity contribution is 0.0168. The Morgan fingerprint density at radius 3 is 2.88 bits per heavy atom. The van der Waals surface area contributed by atoms with Gasteiger partial charge in [0.2, 0.25) is 0 Å². The first-order chi connectivity index (χ1) is 7.70. The van der Waals surface area contributed by atoms with Crippen LogP contribution in [-0.2, 0) is 4.74 Å². The fraction of sp³-hybridized carbons (Fsp3) is 0.538. The predicted octanol–water partition coefficient (Wildman–Crippen LogP) is 3.46. The zero-order valence-corrected chi connectivity index (χ0v) is 10.5. The molecule has 2 rings (SSSR count). The Balaban J connectivity index is 2.17. The van der Waals surface area contributed by atoms with Crippen molar-refractivity contribution < 1.29 is 9.47 Å². The molecule has 1 saturated heterocycles. The molecule has 88 valence electrons. The SMILES string of the molecule is COc1ccc(C2CC(Cl)CCO2)cc1C. The second-order valence-electron chi connectivity index (χ2n) is 4.21. The van der Waals surface area contributed by atoms with E-state index in [9.17, 15) is 0 Å². The van der Waals surface area contributed by atoms with Crippen LogP contribution in [0.5, 0.6) is 5.75 Å². The Morgan fingerprint density at radius 2 is 2.25 bits per heavy atom. The Kier molecular flexibility index (Phi) is 3.72. The highest BCUT2D eigenvalue weighted by molar-refractivity contribution is 6.20. The Bertz CT molecular complexity index is 365. The maximum absolute atomic E-state index is 6.15. The fourth-order valence-corrected chi connectivity index (χ4v) is 2.34. The van der Waals surface area contributed by atoms with Crippen LogP contribution in [0.1, 0.15) is 30.1 Å². The lowest BCUT2D eigenvalue weighted by Gasteiger charge is -2.26. The van der Waals surface area contributed by atoms with Gasteiger partial charge in [0.1, 0.15) is 5.75 Å². The smallest absolute Gasteiger partial charge is 0.121 e. The van der Waals surface area contributed by atoms with E-state index in [4.69, 9.17) is 21.1 Å². The third kappa shape index (κ3) is 2.50. The fourth-order valence-electron chi connectivity index (χ4n) is 2.09. The molecule has 0 N–H and O–H groups in total. The first-order valence-electron chi connectivity index (χ1n) is 5.61. The van der Waals surface area contributed by atoms with Gasteiger partial charge in [0, 0.05) is 12.0 Å². The van der Waals surface area contributed by atoms with Gasteiger partial charge in [-0.2, -0.15) is 0 Å². The molecule has 0 aliphatic carbocycles. The molecule has 0 spiro atoms. The first kappa shape index (κ1) is 11.7. The van der Waals surface area contributed by atoms with Crippen molar-refractivity contribution in [3.63, 3.8) is 0 Å². The summed E-state index contributed by atoms with van der Waals surface area (Å²) in [6.07, 6.45) is 1.99. The molecule has 1 aromatic rings. The van der Waals surface area contributed by atoms with Crippen LogP contribution >= 0.6 is 11.6 Å². The van der Waals surface area contributed by atoms with Crippen LogP contribution in [0.25, 0.3) is 0 Å². The highest BCUT2D eigenvalue weighted by atomic mass is 35.5. The summed E-state index contributed by atoms with van der Waals surface area (Å²) in [5, 5.41) is 0.237. The number of halogens is 1. The standard InChI is InChI=1S/C13H17ClO2/c1-9-7-10(3-4-12(9)15-2)13-8-11(14)5-6-16-13/h3-4,7,11,13H,5-6,8H2,1-2H3. The van der Waals surface area contributed by atoms with Gasteiger partial charge in [-0.1, -0.05) is 6.07 Å². The van der Waals surface area contributed by atoms with Crippen LogP contribution < -0.4 is 4.74 Å². The molecule has 2 nitrogen and oxygen atoms in total. The average Bonchev–Trinajstić information content (AvgIpc) is 2.29. The van der Waals surface area contributed by atoms with Crippen molar-refractivity contribution in [3.8, 4) is 5.75 Å². The van der Waals surface area contributed by atoms with E-state index in [0.717, 1.165) is 30.8 Å². The maximum atomic E-state index is 6.15. The van der Waals surface area contributed by atoms with Gasteiger partial charge in [0.25, 0.3) is 0 Å². The molecule has 0 radical (unpaired) electrons. The molecule has 0 aromatic heterocycles. The highest BCUT2D eigenvalue weighted by Gasteiger charge is 2.22. The summed E-state index contributed by atoms with van der Waals surface area (Å²) in [6.45, 7) is 2.80. The normalized spacial score (nSPS) is 25.4. The van der Waals surface area contributed by atoms with Crippen LogP contribution in [0, 0.1) is 6.92 Å². The van der Waals surface area contributed by atoms with Gasteiger partial charge >= 0.3 is 0 Å². The van der Waals surface area contributed by atoms with Crippen molar-refractivity contribution >= 4 is 11.6 Å². The van der Waals surface area contributed by atoms with E-state index in [1.807, 2.05) is 13.0 Å². The first-order valence-corrected chi connectivity index (χ1v) is 6.04. The van der Waals surface area contributed by atoms with Gasteiger partial charge in [-0.3, -0.25) is 0 Å². The molecule has 16 heavy (non-hydrogen) atoms. The minimum absolute atomic E-state index is 0.140.